The van der Waals surface area contributed by atoms with Gasteiger partial charge < -0.3 is 19.7 Å². The summed E-state index contributed by atoms with van der Waals surface area (Å²) in [5, 5.41) is 3.42. The molecular weight excluding hydrogens is 240 g/mol. The number of methoxy groups -OCH3 is 1. The van der Waals surface area contributed by atoms with Crippen molar-refractivity contribution in [2.75, 3.05) is 51.9 Å². The fourth-order valence-electron chi connectivity index (χ4n) is 1.78. The minimum Gasteiger partial charge on any atom is -0.497 e. The van der Waals surface area contributed by atoms with Crippen molar-refractivity contribution < 1.29 is 9.47 Å². The number of nitrogens with zero attached hydrogens (tertiary/aromatic N) is 1. The largest absolute Gasteiger partial charge is 0.497 e. The summed E-state index contributed by atoms with van der Waals surface area (Å²) in [6.07, 6.45) is 1.07. The van der Waals surface area contributed by atoms with Crippen molar-refractivity contribution in [3.8, 4) is 5.75 Å². The maximum atomic E-state index is 5.29. The molecule has 0 fully saturated rings. The molecule has 0 aliphatic heterocycles. The lowest BCUT2D eigenvalue weighted by Gasteiger charge is -2.19. The zero-order valence-corrected chi connectivity index (χ0v) is 12.3. The van der Waals surface area contributed by atoms with Crippen LogP contribution in [-0.2, 0) is 4.74 Å². The second-order valence-electron chi connectivity index (χ2n) is 4.42. The molecule has 0 aliphatic rings. The summed E-state index contributed by atoms with van der Waals surface area (Å²) in [6.45, 7) is 6.65. The quantitative estimate of drug-likeness (QED) is 0.658. The van der Waals surface area contributed by atoms with Gasteiger partial charge in [-0.15, -0.1) is 0 Å². The summed E-state index contributed by atoms with van der Waals surface area (Å²) in [5.41, 5.74) is 1.21. The van der Waals surface area contributed by atoms with E-state index >= 15 is 0 Å². The van der Waals surface area contributed by atoms with Crippen LogP contribution < -0.4 is 15.0 Å². The standard InChI is InChI=1S/C15H26N2O2/c1-4-19-13-5-10-16-11-12-17(2)14-6-8-15(18-3)9-7-14/h6-9,16H,4-5,10-13H2,1-3H3. The number of hydrogen-bond donors (Lipinski definition) is 1. The molecule has 0 spiro atoms. The van der Waals surface area contributed by atoms with E-state index in [1.54, 1.807) is 7.11 Å². The van der Waals surface area contributed by atoms with E-state index in [0.717, 1.165) is 45.0 Å². The van der Waals surface area contributed by atoms with Gasteiger partial charge in [0, 0.05) is 39.0 Å². The Kier molecular flexibility index (Phi) is 8.02. The smallest absolute Gasteiger partial charge is 0.119 e. The van der Waals surface area contributed by atoms with Gasteiger partial charge in [-0.3, -0.25) is 0 Å². The maximum absolute atomic E-state index is 5.29. The lowest BCUT2D eigenvalue weighted by Crippen LogP contribution is -2.29. The van der Waals surface area contributed by atoms with E-state index in [1.807, 2.05) is 19.1 Å². The Bertz CT molecular complexity index is 327. The van der Waals surface area contributed by atoms with Gasteiger partial charge in [-0.05, 0) is 44.2 Å². The molecule has 4 heteroatoms. The van der Waals surface area contributed by atoms with Crippen LogP contribution in [0.2, 0.25) is 0 Å². The highest BCUT2D eigenvalue weighted by atomic mass is 16.5. The van der Waals surface area contributed by atoms with Crippen LogP contribution in [0.1, 0.15) is 13.3 Å². The summed E-state index contributed by atoms with van der Waals surface area (Å²) in [4.78, 5) is 2.23. The van der Waals surface area contributed by atoms with Crippen molar-refractivity contribution in [3.05, 3.63) is 24.3 Å². The zero-order valence-electron chi connectivity index (χ0n) is 12.3. The molecule has 19 heavy (non-hydrogen) atoms. The Hall–Kier alpha value is -1.26. The molecule has 0 aromatic heterocycles. The summed E-state index contributed by atoms with van der Waals surface area (Å²) < 4.78 is 10.4. The molecule has 1 aromatic carbocycles. The van der Waals surface area contributed by atoms with Crippen molar-refractivity contribution in [2.24, 2.45) is 0 Å². The first kappa shape index (κ1) is 15.8. The number of hydrogen-bond acceptors (Lipinski definition) is 4. The van der Waals surface area contributed by atoms with E-state index in [0.29, 0.717) is 0 Å². The van der Waals surface area contributed by atoms with Crippen molar-refractivity contribution in [1.82, 2.24) is 5.32 Å². The third-order valence-electron chi connectivity index (χ3n) is 2.98. The number of rotatable bonds is 10. The highest BCUT2D eigenvalue weighted by Gasteiger charge is 2.00. The average molecular weight is 266 g/mol. The Morgan fingerprint density at radius 3 is 2.53 bits per heavy atom. The number of likely N-dealkylation sites (N-methyl/N-ethyl adjacent to an activating group) is 1. The number of anilines is 1. The Balaban J connectivity index is 2.14. The fraction of sp³-hybridized carbons (Fsp3) is 0.600. The highest BCUT2D eigenvalue weighted by molar-refractivity contribution is 5.48. The molecule has 1 rings (SSSR count). The summed E-state index contributed by atoms with van der Waals surface area (Å²) in [7, 11) is 3.79. The van der Waals surface area contributed by atoms with Gasteiger partial charge >= 0.3 is 0 Å². The third kappa shape index (κ3) is 6.45. The molecule has 0 bridgehead atoms. The van der Waals surface area contributed by atoms with Gasteiger partial charge in [0.1, 0.15) is 5.75 Å². The second kappa shape index (κ2) is 9.64. The average Bonchev–Trinajstić information content (AvgIpc) is 2.46. The van der Waals surface area contributed by atoms with Crippen LogP contribution in [0.15, 0.2) is 24.3 Å². The van der Waals surface area contributed by atoms with Crippen LogP contribution in [0.5, 0.6) is 5.75 Å². The van der Waals surface area contributed by atoms with Crippen LogP contribution >= 0.6 is 0 Å². The normalized spacial score (nSPS) is 10.5. The highest BCUT2D eigenvalue weighted by Crippen LogP contribution is 2.17. The third-order valence-corrected chi connectivity index (χ3v) is 2.98. The molecule has 108 valence electrons. The fourth-order valence-corrected chi connectivity index (χ4v) is 1.78. The van der Waals surface area contributed by atoms with Gasteiger partial charge in [0.15, 0.2) is 0 Å². The summed E-state index contributed by atoms with van der Waals surface area (Å²) in [6, 6.07) is 8.13. The van der Waals surface area contributed by atoms with Gasteiger partial charge in [0.05, 0.1) is 7.11 Å². The van der Waals surface area contributed by atoms with Crippen molar-refractivity contribution in [2.45, 2.75) is 13.3 Å². The number of ether oxygens (including phenoxy) is 2. The summed E-state index contributed by atoms with van der Waals surface area (Å²) in [5.74, 6) is 0.895. The zero-order chi connectivity index (χ0) is 13.9. The van der Waals surface area contributed by atoms with E-state index in [1.165, 1.54) is 5.69 Å². The Labute approximate surface area is 116 Å². The molecule has 0 amide bonds. The predicted octanol–water partition coefficient (Wildman–Crippen LogP) is 2.15. The first-order chi connectivity index (χ1) is 9.27. The van der Waals surface area contributed by atoms with Crippen molar-refractivity contribution in [3.63, 3.8) is 0 Å². The monoisotopic (exact) mass is 266 g/mol. The van der Waals surface area contributed by atoms with Crippen LogP contribution in [0.3, 0.4) is 0 Å². The molecule has 4 nitrogen and oxygen atoms in total. The summed E-state index contributed by atoms with van der Waals surface area (Å²) >= 11 is 0. The minimum atomic E-state index is 0.806. The first-order valence-corrected chi connectivity index (χ1v) is 6.91. The minimum absolute atomic E-state index is 0.806. The predicted molar refractivity (Wildman–Crippen MR) is 80.2 cm³/mol. The molecule has 0 heterocycles. The molecule has 0 saturated heterocycles. The van der Waals surface area contributed by atoms with Crippen molar-refractivity contribution >= 4 is 5.69 Å². The molecule has 1 aromatic rings. The van der Waals surface area contributed by atoms with Gasteiger partial charge in [-0.25, -0.2) is 0 Å². The molecule has 0 saturated carbocycles. The Morgan fingerprint density at radius 2 is 1.89 bits per heavy atom. The van der Waals surface area contributed by atoms with Gasteiger partial charge in [-0.1, -0.05) is 0 Å². The lowest BCUT2D eigenvalue weighted by molar-refractivity contribution is 0.145. The van der Waals surface area contributed by atoms with Crippen LogP contribution in [-0.4, -0.2) is 47.0 Å². The van der Waals surface area contributed by atoms with E-state index in [4.69, 9.17) is 9.47 Å². The molecule has 0 radical (unpaired) electrons. The van der Waals surface area contributed by atoms with Gasteiger partial charge in [0.25, 0.3) is 0 Å². The first-order valence-electron chi connectivity index (χ1n) is 6.91. The SMILES string of the molecule is CCOCCCNCCN(C)c1ccc(OC)cc1. The van der Waals surface area contributed by atoms with Crippen molar-refractivity contribution in [1.29, 1.82) is 0 Å². The molecule has 1 N–H and O–H groups in total. The Morgan fingerprint density at radius 1 is 1.16 bits per heavy atom. The molecule has 0 atom stereocenters. The van der Waals surface area contributed by atoms with E-state index in [9.17, 15) is 0 Å². The molecule has 0 aliphatic carbocycles. The van der Waals surface area contributed by atoms with E-state index in [-0.39, 0.29) is 0 Å². The maximum Gasteiger partial charge on any atom is 0.119 e. The number of benzene rings is 1. The van der Waals surface area contributed by atoms with Gasteiger partial charge in [-0.2, -0.15) is 0 Å². The lowest BCUT2D eigenvalue weighted by atomic mass is 10.3. The van der Waals surface area contributed by atoms with Gasteiger partial charge in [0.2, 0.25) is 0 Å². The molecule has 0 unspecified atom stereocenters. The van der Waals surface area contributed by atoms with Crippen LogP contribution in [0.25, 0.3) is 0 Å². The number of nitrogens with one attached hydrogen (secondary N) is 1. The van der Waals surface area contributed by atoms with E-state index in [2.05, 4.69) is 29.4 Å². The molecular formula is C15H26N2O2. The van der Waals surface area contributed by atoms with Crippen LogP contribution in [0.4, 0.5) is 5.69 Å². The van der Waals surface area contributed by atoms with Crippen LogP contribution in [0, 0.1) is 0 Å². The second-order valence-corrected chi connectivity index (χ2v) is 4.42. The topological polar surface area (TPSA) is 33.7 Å². The van der Waals surface area contributed by atoms with E-state index < -0.39 is 0 Å².